The first-order valence-corrected chi connectivity index (χ1v) is 7.57. The normalized spacial score (nSPS) is 23.0. The predicted octanol–water partition coefficient (Wildman–Crippen LogP) is 1.47. The van der Waals surface area contributed by atoms with Gasteiger partial charge in [0.05, 0.1) is 12.6 Å². The molecule has 0 saturated carbocycles. The number of esters is 1. The van der Waals surface area contributed by atoms with Crippen LogP contribution in [-0.4, -0.2) is 37.1 Å². The van der Waals surface area contributed by atoms with Crippen molar-refractivity contribution in [2.24, 2.45) is 11.8 Å². The Morgan fingerprint density at radius 2 is 2.00 bits per heavy atom. The number of amides is 1. The van der Waals surface area contributed by atoms with Crippen molar-refractivity contribution in [2.75, 3.05) is 13.2 Å². The Labute approximate surface area is 121 Å². The molecule has 1 heterocycles. The van der Waals surface area contributed by atoms with Crippen molar-refractivity contribution in [1.82, 2.24) is 10.6 Å². The smallest absolute Gasteiger partial charge is 0.305 e. The Balaban J connectivity index is 2.24. The number of nitrogens with one attached hydrogen (secondary N) is 2. The molecule has 116 valence electrons. The summed E-state index contributed by atoms with van der Waals surface area (Å²) in [5, 5.41) is 6.24. The van der Waals surface area contributed by atoms with Crippen LogP contribution in [0.3, 0.4) is 0 Å². The monoisotopic (exact) mass is 284 g/mol. The van der Waals surface area contributed by atoms with Crippen LogP contribution >= 0.6 is 0 Å². The molecule has 0 aromatic heterocycles. The summed E-state index contributed by atoms with van der Waals surface area (Å²) >= 11 is 0. The minimum atomic E-state index is -0.183. The molecule has 1 saturated heterocycles. The number of hydrogen-bond acceptors (Lipinski definition) is 4. The van der Waals surface area contributed by atoms with Crippen molar-refractivity contribution in [2.45, 2.75) is 59.0 Å². The first kappa shape index (κ1) is 17.0. The van der Waals surface area contributed by atoms with Crippen molar-refractivity contribution >= 4 is 11.9 Å². The van der Waals surface area contributed by atoms with Gasteiger partial charge in [0.25, 0.3) is 0 Å². The summed E-state index contributed by atoms with van der Waals surface area (Å²) in [6, 6.07) is -0.0725. The molecule has 0 aromatic carbocycles. The molecule has 5 nitrogen and oxygen atoms in total. The SMILES string of the molecule is CC(C)COC(=O)CC[C@H]1CN[C@H](CC(C)C)C(=O)N1. The van der Waals surface area contributed by atoms with E-state index in [0.717, 1.165) is 13.0 Å². The van der Waals surface area contributed by atoms with Gasteiger partial charge in [0, 0.05) is 19.0 Å². The quantitative estimate of drug-likeness (QED) is 0.695. The van der Waals surface area contributed by atoms with Gasteiger partial charge in [-0.15, -0.1) is 0 Å². The highest BCUT2D eigenvalue weighted by Gasteiger charge is 2.27. The van der Waals surface area contributed by atoms with Gasteiger partial charge in [-0.2, -0.15) is 0 Å². The number of rotatable bonds is 7. The molecule has 0 unspecified atom stereocenters. The van der Waals surface area contributed by atoms with Gasteiger partial charge in [-0.25, -0.2) is 0 Å². The summed E-state index contributed by atoms with van der Waals surface area (Å²) in [5.74, 6) is 0.704. The van der Waals surface area contributed by atoms with Crippen molar-refractivity contribution in [1.29, 1.82) is 0 Å². The van der Waals surface area contributed by atoms with Crippen LogP contribution in [0.25, 0.3) is 0 Å². The first-order valence-electron chi connectivity index (χ1n) is 7.57. The zero-order valence-corrected chi connectivity index (χ0v) is 13.1. The largest absolute Gasteiger partial charge is 0.465 e. The van der Waals surface area contributed by atoms with Crippen molar-refractivity contribution in [3.05, 3.63) is 0 Å². The van der Waals surface area contributed by atoms with Gasteiger partial charge in [-0.1, -0.05) is 27.7 Å². The van der Waals surface area contributed by atoms with Gasteiger partial charge in [-0.3, -0.25) is 9.59 Å². The Hall–Kier alpha value is -1.10. The van der Waals surface area contributed by atoms with Crippen LogP contribution in [0.1, 0.15) is 47.0 Å². The lowest BCUT2D eigenvalue weighted by molar-refractivity contribution is -0.145. The molecule has 0 radical (unpaired) electrons. The van der Waals surface area contributed by atoms with Gasteiger partial charge in [0.1, 0.15) is 0 Å². The maximum Gasteiger partial charge on any atom is 0.305 e. The number of piperazine rings is 1. The van der Waals surface area contributed by atoms with Crippen LogP contribution in [0.5, 0.6) is 0 Å². The average Bonchev–Trinajstić information content (AvgIpc) is 2.36. The molecule has 20 heavy (non-hydrogen) atoms. The number of carbonyl (C=O) groups excluding carboxylic acids is 2. The van der Waals surface area contributed by atoms with E-state index >= 15 is 0 Å². The molecule has 0 spiro atoms. The molecule has 1 aliphatic heterocycles. The number of ether oxygens (including phenoxy) is 1. The van der Waals surface area contributed by atoms with Gasteiger partial charge < -0.3 is 15.4 Å². The summed E-state index contributed by atoms with van der Waals surface area (Å²) < 4.78 is 5.12. The molecule has 0 aromatic rings. The molecule has 2 N–H and O–H groups in total. The minimum absolute atomic E-state index is 0.0255. The summed E-state index contributed by atoms with van der Waals surface area (Å²) in [6.45, 7) is 9.41. The lowest BCUT2D eigenvalue weighted by atomic mass is 9.99. The second-order valence-corrected chi connectivity index (χ2v) is 6.41. The lowest BCUT2D eigenvalue weighted by Gasteiger charge is -2.31. The van der Waals surface area contributed by atoms with Crippen LogP contribution in [0.4, 0.5) is 0 Å². The Morgan fingerprint density at radius 3 is 2.55 bits per heavy atom. The van der Waals surface area contributed by atoms with E-state index in [4.69, 9.17) is 4.74 Å². The van der Waals surface area contributed by atoms with Crippen LogP contribution in [0, 0.1) is 11.8 Å². The fraction of sp³-hybridized carbons (Fsp3) is 0.867. The first-order chi connectivity index (χ1) is 9.38. The van der Waals surface area contributed by atoms with Crippen molar-refractivity contribution < 1.29 is 14.3 Å². The van der Waals surface area contributed by atoms with E-state index in [-0.39, 0.29) is 24.0 Å². The topological polar surface area (TPSA) is 67.4 Å². The fourth-order valence-corrected chi connectivity index (χ4v) is 2.19. The second kappa shape index (κ2) is 8.25. The second-order valence-electron chi connectivity index (χ2n) is 6.41. The van der Waals surface area contributed by atoms with E-state index in [1.807, 2.05) is 13.8 Å². The third-order valence-electron chi connectivity index (χ3n) is 3.26. The molecule has 0 bridgehead atoms. The third-order valence-corrected chi connectivity index (χ3v) is 3.26. The van der Waals surface area contributed by atoms with E-state index < -0.39 is 0 Å². The lowest BCUT2D eigenvalue weighted by Crippen LogP contribution is -2.58. The Kier molecular flexibility index (Phi) is 6.99. The fourth-order valence-electron chi connectivity index (χ4n) is 2.19. The highest BCUT2D eigenvalue weighted by Crippen LogP contribution is 2.10. The van der Waals surface area contributed by atoms with Gasteiger partial charge in [0.15, 0.2) is 0 Å². The summed E-state index contributed by atoms with van der Waals surface area (Å²) in [6.07, 6.45) is 1.83. The summed E-state index contributed by atoms with van der Waals surface area (Å²) in [5.41, 5.74) is 0. The van der Waals surface area contributed by atoms with Gasteiger partial charge >= 0.3 is 5.97 Å². The van der Waals surface area contributed by atoms with Crippen LogP contribution < -0.4 is 10.6 Å². The standard InChI is InChI=1S/C15H28N2O3/c1-10(2)7-13-15(19)17-12(8-16-13)5-6-14(18)20-9-11(3)4/h10-13,16H,5-9H2,1-4H3,(H,17,19)/t12-,13+/m0/s1. The van der Waals surface area contributed by atoms with Crippen LogP contribution in [0.15, 0.2) is 0 Å². The predicted molar refractivity (Wildman–Crippen MR) is 78.2 cm³/mol. The summed E-state index contributed by atoms with van der Waals surface area (Å²) in [4.78, 5) is 23.4. The Morgan fingerprint density at radius 1 is 1.30 bits per heavy atom. The maximum absolute atomic E-state index is 11.9. The van der Waals surface area contributed by atoms with Crippen LogP contribution in [-0.2, 0) is 14.3 Å². The highest BCUT2D eigenvalue weighted by molar-refractivity contribution is 5.83. The molecule has 0 aliphatic carbocycles. The maximum atomic E-state index is 11.9. The zero-order chi connectivity index (χ0) is 15.1. The van der Waals surface area contributed by atoms with Crippen molar-refractivity contribution in [3.8, 4) is 0 Å². The molecular weight excluding hydrogens is 256 g/mol. The van der Waals surface area contributed by atoms with Gasteiger partial charge in [0.2, 0.25) is 5.91 Å². The van der Waals surface area contributed by atoms with Crippen LogP contribution in [0.2, 0.25) is 0 Å². The van der Waals surface area contributed by atoms with Gasteiger partial charge in [-0.05, 0) is 24.7 Å². The third kappa shape index (κ3) is 6.37. The Bertz CT molecular complexity index is 329. The number of carbonyl (C=O) groups is 2. The van der Waals surface area contributed by atoms with E-state index in [1.165, 1.54) is 0 Å². The summed E-state index contributed by atoms with van der Waals surface area (Å²) in [7, 11) is 0. The molecule has 1 aliphatic rings. The zero-order valence-electron chi connectivity index (χ0n) is 13.1. The highest BCUT2D eigenvalue weighted by atomic mass is 16.5. The molecule has 5 heteroatoms. The number of hydrogen-bond donors (Lipinski definition) is 2. The van der Waals surface area contributed by atoms with E-state index in [0.29, 0.717) is 31.3 Å². The van der Waals surface area contributed by atoms with Crippen molar-refractivity contribution in [3.63, 3.8) is 0 Å². The molecule has 1 rings (SSSR count). The molecular formula is C15H28N2O3. The molecule has 2 atom stereocenters. The average molecular weight is 284 g/mol. The molecule has 1 fully saturated rings. The minimum Gasteiger partial charge on any atom is -0.465 e. The van der Waals surface area contributed by atoms with E-state index in [1.54, 1.807) is 0 Å². The van der Waals surface area contributed by atoms with E-state index in [2.05, 4.69) is 24.5 Å². The molecule has 1 amide bonds. The van der Waals surface area contributed by atoms with E-state index in [9.17, 15) is 9.59 Å².